The first-order valence-corrected chi connectivity index (χ1v) is 8.78. The molecule has 6 nitrogen and oxygen atoms in total. The number of nitrogens with zero attached hydrogens (tertiary/aromatic N) is 4. The molecule has 0 spiro atoms. The third-order valence-electron chi connectivity index (χ3n) is 4.28. The monoisotopic (exact) mass is 347 g/mol. The third kappa shape index (κ3) is 3.97. The molecule has 0 aliphatic carbocycles. The summed E-state index contributed by atoms with van der Waals surface area (Å²) in [6.07, 6.45) is 3.63. The van der Waals surface area contributed by atoms with Crippen LogP contribution in [0.4, 0.5) is 11.6 Å². The average molecular weight is 347 g/mol. The van der Waals surface area contributed by atoms with Gasteiger partial charge in [0.05, 0.1) is 13.2 Å². The number of aromatic nitrogens is 3. The van der Waals surface area contributed by atoms with Crippen molar-refractivity contribution in [3.63, 3.8) is 0 Å². The highest BCUT2D eigenvalue weighted by molar-refractivity contribution is 5.61. The van der Waals surface area contributed by atoms with Crippen LogP contribution in [0.25, 0.3) is 11.4 Å². The fourth-order valence-corrected chi connectivity index (χ4v) is 2.89. The number of anilines is 2. The van der Waals surface area contributed by atoms with Gasteiger partial charge in [-0.15, -0.1) is 0 Å². The predicted octanol–water partition coefficient (Wildman–Crippen LogP) is 2.99. The largest absolute Gasteiger partial charge is 0.378 e. The minimum Gasteiger partial charge on any atom is -0.378 e. The number of benzene rings is 1. The van der Waals surface area contributed by atoms with Gasteiger partial charge in [0.2, 0.25) is 0 Å². The van der Waals surface area contributed by atoms with Gasteiger partial charge in [-0.3, -0.25) is 4.98 Å². The molecule has 0 unspecified atom stereocenters. The van der Waals surface area contributed by atoms with E-state index in [0.717, 1.165) is 54.9 Å². The lowest BCUT2D eigenvalue weighted by molar-refractivity contribution is 0.122. The van der Waals surface area contributed by atoms with Crippen molar-refractivity contribution in [3.8, 4) is 11.4 Å². The molecular formula is C20H21N5O. The zero-order valence-corrected chi connectivity index (χ0v) is 14.5. The Balaban J connectivity index is 1.63. The number of nitrogens with one attached hydrogen (secondary N) is 1. The van der Waals surface area contributed by atoms with E-state index in [9.17, 15) is 0 Å². The average Bonchev–Trinajstić information content (AvgIpc) is 2.74. The molecule has 1 saturated heterocycles. The van der Waals surface area contributed by atoms with Crippen molar-refractivity contribution in [2.75, 3.05) is 36.5 Å². The zero-order chi connectivity index (χ0) is 17.6. The van der Waals surface area contributed by atoms with E-state index in [-0.39, 0.29) is 0 Å². The molecule has 0 bridgehead atoms. The number of rotatable bonds is 5. The molecular weight excluding hydrogens is 326 g/mol. The van der Waals surface area contributed by atoms with Gasteiger partial charge < -0.3 is 15.0 Å². The molecule has 3 aromatic rings. The van der Waals surface area contributed by atoms with Gasteiger partial charge >= 0.3 is 0 Å². The SMILES string of the molecule is c1ccc(-c2nc(NCc3cccnc3)cc(N3CCOCC3)n2)cc1. The van der Waals surface area contributed by atoms with Crippen LogP contribution in [-0.2, 0) is 11.3 Å². The highest BCUT2D eigenvalue weighted by Crippen LogP contribution is 2.23. The maximum Gasteiger partial charge on any atom is 0.163 e. The molecule has 0 saturated carbocycles. The maximum absolute atomic E-state index is 5.46. The summed E-state index contributed by atoms with van der Waals surface area (Å²) in [7, 11) is 0. The minimum atomic E-state index is 0.668. The van der Waals surface area contributed by atoms with Crippen LogP contribution >= 0.6 is 0 Å². The molecule has 26 heavy (non-hydrogen) atoms. The molecule has 0 amide bonds. The van der Waals surface area contributed by atoms with Crippen molar-refractivity contribution >= 4 is 11.6 Å². The number of hydrogen-bond donors (Lipinski definition) is 1. The van der Waals surface area contributed by atoms with Crippen LogP contribution in [0.1, 0.15) is 5.56 Å². The third-order valence-corrected chi connectivity index (χ3v) is 4.28. The second-order valence-electron chi connectivity index (χ2n) is 6.12. The summed E-state index contributed by atoms with van der Waals surface area (Å²) in [6, 6.07) is 16.1. The molecule has 4 rings (SSSR count). The molecule has 1 N–H and O–H groups in total. The van der Waals surface area contributed by atoms with E-state index >= 15 is 0 Å². The zero-order valence-electron chi connectivity index (χ0n) is 14.5. The van der Waals surface area contributed by atoms with Gasteiger partial charge in [0.15, 0.2) is 5.82 Å². The van der Waals surface area contributed by atoms with E-state index in [1.807, 2.05) is 54.7 Å². The van der Waals surface area contributed by atoms with Gasteiger partial charge in [-0.25, -0.2) is 9.97 Å². The Morgan fingerprint density at radius 3 is 2.62 bits per heavy atom. The van der Waals surface area contributed by atoms with Crippen LogP contribution in [0.2, 0.25) is 0 Å². The Kier molecular flexibility index (Phi) is 5.02. The van der Waals surface area contributed by atoms with Crippen molar-refractivity contribution in [2.45, 2.75) is 6.54 Å². The van der Waals surface area contributed by atoms with Gasteiger partial charge in [-0.05, 0) is 11.6 Å². The van der Waals surface area contributed by atoms with E-state index in [1.54, 1.807) is 6.20 Å². The van der Waals surface area contributed by atoms with Crippen molar-refractivity contribution in [2.24, 2.45) is 0 Å². The van der Waals surface area contributed by atoms with Crippen molar-refractivity contribution in [1.82, 2.24) is 15.0 Å². The smallest absolute Gasteiger partial charge is 0.163 e. The molecule has 6 heteroatoms. The molecule has 1 fully saturated rings. The van der Waals surface area contributed by atoms with Gasteiger partial charge in [-0.1, -0.05) is 36.4 Å². The molecule has 2 aromatic heterocycles. The topological polar surface area (TPSA) is 63.2 Å². The van der Waals surface area contributed by atoms with Gasteiger partial charge in [0, 0.05) is 43.7 Å². The van der Waals surface area contributed by atoms with Crippen LogP contribution in [0, 0.1) is 0 Å². The van der Waals surface area contributed by atoms with E-state index in [0.29, 0.717) is 6.54 Å². The molecule has 132 valence electrons. The van der Waals surface area contributed by atoms with Crippen LogP contribution in [-0.4, -0.2) is 41.3 Å². The van der Waals surface area contributed by atoms with Crippen molar-refractivity contribution < 1.29 is 4.74 Å². The van der Waals surface area contributed by atoms with Gasteiger partial charge in [-0.2, -0.15) is 0 Å². The van der Waals surface area contributed by atoms with Crippen molar-refractivity contribution in [1.29, 1.82) is 0 Å². The Hall–Kier alpha value is -2.99. The molecule has 1 aliphatic rings. The lowest BCUT2D eigenvalue weighted by Crippen LogP contribution is -2.36. The first-order chi connectivity index (χ1) is 12.9. The summed E-state index contributed by atoms with van der Waals surface area (Å²) in [5.41, 5.74) is 2.12. The number of morpholine rings is 1. The van der Waals surface area contributed by atoms with Crippen molar-refractivity contribution in [3.05, 3.63) is 66.5 Å². The lowest BCUT2D eigenvalue weighted by atomic mass is 10.2. The van der Waals surface area contributed by atoms with Gasteiger partial charge in [0.1, 0.15) is 11.6 Å². The van der Waals surface area contributed by atoms with E-state index in [4.69, 9.17) is 14.7 Å². The Morgan fingerprint density at radius 1 is 1.00 bits per heavy atom. The maximum atomic E-state index is 5.46. The van der Waals surface area contributed by atoms with E-state index in [2.05, 4.69) is 15.2 Å². The van der Waals surface area contributed by atoms with Crippen LogP contribution in [0.5, 0.6) is 0 Å². The Morgan fingerprint density at radius 2 is 1.85 bits per heavy atom. The quantitative estimate of drug-likeness (QED) is 0.765. The van der Waals surface area contributed by atoms with Crippen LogP contribution < -0.4 is 10.2 Å². The highest BCUT2D eigenvalue weighted by atomic mass is 16.5. The fraction of sp³-hybridized carbons (Fsp3) is 0.250. The van der Waals surface area contributed by atoms with Gasteiger partial charge in [0.25, 0.3) is 0 Å². The summed E-state index contributed by atoms with van der Waals surface area (Å²) in [6.45, 7) is 3.80. The summed E-state index contributed by atoms with van der Waals surface area (Å²) in [4.78, 5) is 15.9. The predicted molar refractivity (Wildman–Crippen MR) is 102 cm³/mol. The fourth-order valence-electron chi connectivity index (χ4n) is 2.89. The second kappa shape index (κ2) is 7.93. The number of ether oxygens (including phenoxy) is 1. The number of pyridine rings is 1. The van der Waals surface area contributed by atoms with E-state index in [1.165, 1.54) is 0 Å². The Labute approximate surface area is 152 Å². The first-order valence-electron chi connectivity index (χ1n) is 8.78. The van der Waals surface area contributed by atoms with Crippen LogP contribution in [0.3, 0.4) is 0 Å². The lowest BCUT2D eigenvalue weighted by Gasteiger charge is -2.28. The molecule has 3 heterocycles. The van der Waals surface area contributed by atoms with Crippen LogP contribution in [0.15, 0.2) is 60.9 Å². The standard InChI is InChI=1S/C20H21N5O/c1-2-6-17(7-3-1)20-23-18(22-15-16-5-4-8-21-14-16)13-19(24-20)25-9-11-26-12-10-25/h1-8,13-14H,9-12,15H2,(H,22,23,24). The number of hydrogen-bond acceptors (Lipinski definition) is 6. The summed E-state index contributed by atoms with van der Waals surface area (Å²) < 4.78 is 5.46. The molecule has 0 atom stereocenters. The Bertz CT molecular complexity index is 835. The van der Waals surface area contributed by atoms with E-state index < -0.39 is 0 Å². The minimum absolute atomic E-state index is 0.668. The molecule has 1 aliphatic heterocycles. The highest BCUT2D eigenvalue weighted by Gasteiger charge is 2.15. The normalized spacial score (nSPS) is 14.2. The summed E-state index contributed by atoms with van der Waals surface area (Å²) >= 11 is 0. The summed E-state index contributed by atoms with van der Waals surface area (Å²) in [5, 5.41) is 3.40. The first kappa shape index (κ1) is 16.5. The second-order valence-corrected chi connectivity index (χ2v) is 6.12. The molecule has 0 radical (unpaired) electrons. The summed E-state index contributed by atoms with van der Waals surface area (Å²) in [5.74, 6) is 2.46. The molecule has 1 aromatic carbocycles.